The van der Waals surface area contributed by atoms with E-state index in [9.17, 15) is 14.3 Å². The third kappa shape index (κ3) is 3.08. The van der Waals surface area contributed by atoms with Crippen molar-refractivity contribution < 1.29 is 14.3 Å². The molecule has 0 aromatic heterocycles. The van der Waals surface area contributed by atoms with Crippen molar-refractivity contribution in [1.82, 2.24) is 4.90 Å². The fourth-order valence-electron chi connectivity index (χ4n) is 2.67. The van der Waals surface area contributed by atoms with Crippen LogP contribution in [0.5, 0.6) is 0 Å². The van der Waals surface area contributed by atoms with Gasteiger partial charge in [-0.15, -0.1) is 0 Å². The molecule has 0 unspecified atom stereocenters. The van der Waals surface area contributed by atoms with Crippen LogP contribution < -0.4 is 0 Å². The molecule has 1 aliphatic rings. The van der Waals surface area contributed by atoms with E-state index in [0.717, 1.165) is 18.5 Å². The molecular weight excluding hydrogens is 304 g/mol. The van der Waals surface area contributed by atoms with E-state index in [0.29, 0.717) is 13.0 Å². The van der Waals surface area contributed by atoms with Gasteiger partial charge in [-0.05, 0) is 37.9 Å². The maximum absolute atomic E-state index is 13.3. The predicted molar refractivity (Wildman–Crippen MR) is 76.7 cm³/mol. The first-order valence-corrected chi connectivity index (χ1v) is 7.26. The lowest BCUT2D eigenvalue weighted by molar-refractivity contribution is -0.145. The summed E-state index contributed by atoms with van der Waals surface area (Å²) >= 11 is 11.8. The molecule has 110 valence electrons. The van der Waals surface area contributed by atoms with Gasteiger partial charge in [-0.1, -0.05) is 29.3 Å². The van der Waals surface area contributed by atoms with E-state index in [4.69, 9.17) is 23.2 Å². The van der Waals surface area contributed by atoms with Crippen LogP contribution in [0, 0.1) is 11.7 Å². The number of hydrogen-bond donors (Lipinski definition) is 1. The third-order valence-electron chi connectivity index (χ3n) is 3.92. The lowest BCUT2D eigenvalue weighted by Gasteiger charge is -2.37. The highest BCUT2D eigenvalue weighted by atomic mass is 35.5. The van der Waals surface area contributed by atoms with Gasteiger partial charge < -0.3 is 5.11 Å². The van der Waals surface area contributed by atoms with Crippen molar-refractivity contribution in [3.63, 3.8) is 0 Å². The highest BCUT2D eigenvalue weighted by molar-refractivity contribution is 6.42. The van der Waals surface area contributed by atoms with Crippen LogP contribution >= 0.6 is 23.2 Å². The van der Waals surface area contributed by atoms with Crippen LogP contribution in [0.3, 0.4) is 0 Å². The molecular formula is C14H16Cl2FNO2. The van der Waals surface area contributed by atoms with E-state index >= 15 is 0 Å². The van der Waals surface area contributed by atoms with Crippen molar-refractivity contribution in [2.75, 3.05) is 6.54 Å². The molecule has 2 atom stereocenters. The Kier molecular flexibility index (Phi) is 4.89. The zero-order valence-electron chi connectivity index (χ0n) is 11.1. The standard InChI is InChI=1S/C14H16Cl2FNO2/c1-8-10(14(19)20)3-2-6-18(8)7-9-4-5-11(17)13(16)12(9)15/h4-5,8,10H,2-3,6-7H2,1H3,(H,19,20)/t8-,10-/m1/s1. The number of nitrogens with zero attached hydrogens (tertiary/aromatic N) is 1. The van der Waals surface area contributed by atoms with E-state index in [1.165, 1.54) is 6.07 Å². The van der Waals surface area contributed by atoms with Gasteiger partial charge >= 0.3 is 5.97 Å². The molecule has 0 amide bonds. The number of hydrogen-bond acceptors (Lipinski definition) is 2. The lowest BCUT2D eigenvalue weighted by atomic mass is 9.90. The SMILES string of the molecule is C[C@@H]1[C@H](C(=O)O)CCCN1Cc1ccc(F)c(Cl)c1Cl. The summed E-state index contributed by atoms with van der Waals surface area (Å²) in [6.07, 6.45) is 1.51. The number of aliphatic carboxylic acids is 1. The second-order valence-electron chi connectivity index (χ2n) is 5.13. The minimum Gasteiger partial charge on any atom is -0.481 e. The van der Waals surface area contributed by atoms with E-state index < -0.39 is 11.8 Å². The fraction of sp³-hybridized carbons (Fsp3) is 0.500. The van der Waals surface area contributed by atoms with Crippen LogP contribution in [-0.4, -0.2) is 28.6 Å². The Morgan fingerprint density at radius 1 is 1.45 bits per heavy atom. The Bertz CT molecular complexity index is 524. The molecule has 0 bridgehead atoms. The van der Waals surface area contributed by atoms with Gasteiger partial charge in [0.25, 0.3) is 0 Å². The average molecular weight is 320 g/mol. The Hall–Kier alpha value is -0.840. The molecule has 6 heteroatoms. The molecule has 0 aliphatic carbocycles. The first-order chi connectivity index (χ1) is 9.41. The number of benzene rings is 1. The Morgan fingerprint density at radius 3 is 2.80 bits per heavy atom. The topological polar surface area (TPSA) is 40.5 Å². The van der Waals surface area contributed by atoms with E-state index in [1.807, 2.05) is 6.92 Å². The summed E-state index contributed by atoms with van der Waals surface area (Å²) in [5.41, 5.74) is 0.718. The maximum Gasteiger partial charge on any atom is 0.308 e. The molecule has 2 rings (SSSR count). The Labute approximate surface area is 127 Å². The van der Waals surface area contributed by atoms with Crippen LogP contribution in [0.25, 0.3) is 0 Å². The number of likely N-dealkylation sites (tertiary alicyclic amines) is 1. The molecule has 0 saturated carbocycles. The van der Waals surface area contributed by atoms with Gasteiger partial charge in [-0.3, -0.25) is 9.69 Å². The van der Waals surface area contributed by atoms with Gasteiger partial charge in [-0.25, -0.2) is 4.39 Å². The highest BCUT2D eigenvalue weighted by Crippen LogP contribution is 2.31. The second-order valence-corrected chi connectivity index (χ2v) is 5.89. The Balaban J connectivity index is 2.17. The number of carboxylic acid groups (broad SMARTS) is 1. The molecule has 1 aliphatic heterocycles. The van der Waals surface area contributed by atoms with Crippen molar-refractivity contribution in [1.29, 1.82) is 0 Å². The quantitative estimate of drug-likeness (QED) is 0.861. The van der Waals surface area contributed by atoms with Crippen LogP contribution in [0.15, 0.2) is 12.1 Å². The molecule has 0 radical (unpaired) electrons. The average Bonchev–Trinajstić information content (AvgIpc) is 2.41. The van der Waals surface area contributed by atoms with Crippen LogP contribution in [0.2, 0.25) is 10.0 Å². The fourth-order valence-corrected chi connectivity index (χ4v) is 3.07. The summed E-state index contributed by atoms with van der Waals surface area (Å²) in [6, 6.07) is 2.80. The summed E-state index contributed by atoms with van der Waals surface area (Å²) in [5, 5.41) is 9.33. The largest absolute Gasteiger partial charge is 0.481 e. The van der Waals surface area contributed by atoms with Gasteiger partial charge in [0.2, 0.25) is 0 Å². The van der Waals surface area contributed by atoms with Crippen molar-refractivity contribution in [3.05, 3.63) is 33.6 Å². The predicted octanol–water partition coefficient (Wildman–Crippen LogP) is 3.82. The molecule has 1 aromatic carbocycles. The smallest absolute Gasteiger partial charge is 0.308 e. The number of carbonyl (C=O) groups is 1. The summed E-state index contributed by atoms with van der Waals surface area (Å²) in [7, 11) is 0. The third-order valence-corrected chi connectivity index (χ3v) is 4.82. The first-order valence-electron chi connectivity index (χ1n) is 6.51. The molecule has 1 aromatic rings. The molecule has 1 saturated heterocycles. The Morgan fingerprint density at radius 2 is 2.15 bits per heavy atom. The van der Waals surface area contributed by atoms with Gasteiger partial charge in [0.05, 0.1) is 16.0 Å². The molecule has 1 heterocycles. The van der Waals surface area contributed by atoms with E-state index in [2.05, 4.69) is 4.90 Å². The van der Waals surface area contributed by atoms with Gasteiger partial charge in [0.1, 0.15) is 5.82 Å². The molecule has 20 heavy (non-hydrogen) atoms. The van der Waals surface area contributed by atoms with Gasteiger partial charge in [0.15, 0.2) is 0 Å². The molecule has 3 nitrogen and oxygen atoms in total. The highest BCUT2D eigenvalue weighted by Gasteiger charge is 2.33. The monoisotopic (exact) mass is 319 g/mol. The minimum absolute atomic E-state index is 0.0800. The van der Waals surface area contributed by atoms with E-state index in [-0.39, 0.29) is 22.0 Å². The van der Waals surface area contributed by atoms with Crippen molar-refractivity contribution in [2.24, 2.45) is 5.92 Å². The molecule has 1 N–H and O–H groups in total. The van der Waals surface area contributed by atoms with Crippen molar-refractivity contribution >= 4 is 29.2 Å². The first kappa shape index (κ1) is 15.5. The summed E-state index contributed by atoms with van der Waals surface area (Å²) in [5.74, 6) is -1.69. The van der Waals surface area contributed by atoms with Gasteiger partial charge in [0, 0.05) is 12.6 Å². The summed E-state index contributed by atoms with van der Waals surface area (Å²) in [4.78, 5) is 13.3. The molecule has 0 spiro atoms. The number of piperidine rings is 1. The number of carboxylic acids is 1. The summed E-state index contributed by atoms with van der Waals surface area (Å²) in [6.45, 7) is 3.18. The van der Waals surface area contributed by atoms with Crippen LogP contribution in [-0.2, 0) is 11.3 Å². The second kappa shape index (κ2) is 6.29. The lowest BCUT2D eigenvalue weighted by Crippen LogP contribution is -2.45. The number of halogens is 3. The normalized spacial score (nSPS) is 23.8. The summed E-state index contributed by atoms with van der Waals surface area (Å²) < 4.78 is 13.3. The van der Waals surface area contributed by atoms with Crippen molar-refractivity contribution in [2.45, 2.75) is 32.4 Å². The number of rotatable bonds is 3. The van der Waals surface area contributed by atoms with Gasteiger partial charge in [-0.2, -0.15) is 0 Å². The zero-order valence-corrected chi connectivity index (χ0v) is 12.6. The van der Waals surface area contributed by atoms with E-state index in [1.54, 1.807) is 6.07 Å². The molecule has 1 fully saturated rings. The van der Waals surface area contributed by atoms with Crippen LogP contribution in [0.1, 0.15) is 25.3 Å². The zero-order chi connectivity index (χ0) is 14.9. The minimum atomic E-state index is -0.773. The maximum atomic E-state index is 13.3. The van der Waals surface area contributed by atoms with Crippen molar-refractivity contribution in [3.8, 4) is 0 Å². The van der Waals surface area contributed by atoms with Crippen LogP contribution in [0.4, 0.5) is 4.39 Å².